The number of benzene rings is 1. The van der Waals surface area contributed by atoms with E-state index in [0.717, 1.165) is 37.0 Å². The standard InChI is InChI=1S/C16H21ClN2O2/c1-10-5-11(2)8-19(7-10)9-13(17)12-3-4-14-15(6-12)21-16(20)18-14/h3-4,6,10-11,13H,5,7-9H2,1-2H3,(H,18,20). The number of halogens is 1. The Morgan fingerprint density at radius 3 is 2.81 bits per heavy atom. The smallest absolute Gasteiger partial charge is 0.408 e. The molecular weight excluding hydrogens is 288 g/mol. The SMILES string of the molecule is CC1CC(C)CN(CC(Cl)c2ccc3[nH]c(=O)oc3c2)C1. The molecule has 1 N–H and O–H groups in total. The molecule has 2 aromatic rings. The predicted molar refractivity (Wildman–Crippen MR) is 84.8 cm³/mol. The Kier molecular flexibility index (Phi) is 4.09. The van der Waals surface area contributed by atoms with E-state index >= 15 is 0 Å². The minimum atomic E-state index is -0.424. The van der Waals surface area contributed by atoms with Crippen molar-refractivity contribution in [3.8, 4) is 0 Å². The van der Waals surface area contributed by atoms with Gasteiger partial charge in [0.15, 0.2) is 5.58 Å². The second kappa shape index (κ2) is 5.85. The second-order valence-electron chi connectivity index (χ2n) is 6.40. The number of hydrogen-bond acceptors (Lipinski definition) is 3. The lowest BCUT2D eigenvalue weighted by Crippen LogP contribution is -2.40. The predicted octanol–water partition coefficient (Wildman–Crippen LogP) is 3.38. The van der Waals surface area contributed by atoms with Crippen molar-refractivity contribution in [1.29, 1.82) is 0 Å². The minimum absolute atomic E-state index is 0.0906. The number of piperidine rings is 1. The van der Waals surface area contributed by atoms with E-state index in [4.69, 9.17) is 16.0 Å². The average Bonchev–Trinajstić information content (AvgIpc) is 2.76. The third kappa shape index (κ3) is 3.33. The van der Waals surface area contributed by atoms with Gasteiger partial charge in [0.2, 0.25) is 0 Å². The van der Waals surface area contributed by atoms with Gasteiger partial charge in [0.1, 0.15) is 0 Å². The molecule has 3 rings (SSSR count). The topological polar surface area (TPSA) is 49.2 Å². The van der Waals surface area contributed by atoms with Gasteiger partial charge < -0.3 is 9.32 Å². The van der Waals surface area contributed by atoms with Crippen molar-refractivity contribution in [2.75, 3.05) is 19.6 Å². The van der Waals surface area contributed by atoms with Gasteiger partial charge in [0.25, 0.3) is 0 Å². The molecule has 5 heteroatoms. The van der Waals surface area contributed by atoms with Gasteiger partial charge in [0.05, 0.1) is 10.9 Å². The van der Waals surface area contributed by atoms with E-state index < -0.39 is 5.76 Å². The van der Waals surface area contributed by atoms with Crippen LogP contribution in [-0.4, -0.2) is 29.5 Å². The summed E-state index contributed by atoms with van der Waals surface area (Å²) in [5.74, 6) is 1.03. The molecule has 0 radical (unpaired) electrons. The van der Waals surface area contributed by atoms with Crippen molar-refractivity contribution in [2.45, 2.75) is 25.6 Å². The van der Waals surface area contributed by atoms with Crippen molar-refractivity contribution in [2.24, 2.45) is 11.8 Å². The Hall–Kier alpha value is -1.26. The molecule has 21 heavy (non-hydrogen) atoms. The third-order valence-electron chi connectivity index (χ3n) is 4.17. The number of alkyl halides is 1. The van der Waals surface area contributed by atoms with E-state index in [1.807, 2.05) is 18.2 Å². The molecule has 0 aliphatic carbocycles. The summed E-state index contributed by atoms with van der Waals surface area (Å²) in [5.41, 5.74) is 2.29. The number of H-pyrrole nitrogens is 1. The summed E-state index contributed by atoms with van der Waals surface area (Å²) in [4.78, 5) is 16.3. The van der Waals surface area contributed by atoms with Gasteiger partial charge in [-0.3, -0.25) is 4.98 Å². The zero-order valence-corrected chi connectivity index (χ0v) is 13.2. The number of nitrogens with zero attached hydrogens (tertiary/aromatic N) is 1. The van der Waals surface area contributed by atoms with Gasteiger partial charge in [-0.2, -0.15) is 0 Å². The summed E-state index contributed by atoms with van der Waals surface area (Å²) >= 11 is 6.57. The Morgan fingerprint density at radius 2 is 2.10 bits per heavy atom. The van der Waals surface area contributed by atoms with Crippen LogP contribution in [0.1, 0.15) is 31.2 Å². The van der Waals surface area contributed by atoms with Crippen molar-refractivity contribution < 1.29 is 4.42 Å². The highest BCUT2D eigenvalue weighted by Crippen LogP contribution is 2.28. The van der Waals surface area contributed by atoms with Crippen LogP contribution in [0.3, 0.4) is 0 Å². The van der Waals surface area contributed by atoms with Crippen LogP contribution in [0, 0.1) is 11.8 Å². The van der Waals surface area contributed by atoms with E-state index in [9.17, 15) is 4.79 Å². The number of likely N-dealkylation sites (tertiary alicyclic amines) is 1. The highest BCUT2D eigenvalue weighted by molar-refractivity contribution is 6.21. The van der Waals surface area contributed by atoms with Crippen molar-refractivity contribution >= 4 is 22.7 Å². The Bertz CT molecular complexity index is 668. The fourth-order valence-corrected chi connectivity index (χ4v) is 3.76. The maximum Gasteiger partial charge on any atom is 0.417 e. The van der Waals surface area contributed by atoms with Crippen LogP contribution in [-0.2, 0) is 0 Å². The molecular formula is C16H21ClN2O2. The molecule has 1 fully saturated rings. The minimum Gasteiger partial charge on any atom is -0.408 e. The molecule has 0 saturated carbocycles. The monoisotopic (exact) mass is 308 g/mol. The van der Waals surface area contributed by atoms with Crippen LogP contribution in [0.25, 0.3) is 11.1 Å². The summed E-state index contributed by atoms with van der Waals surface area (Å²) < 4.78 is 5.10. The number of rotatable bonds is 3. The lowest BCUT2D eigenvalue weighted by molar-refractivity contribution is 0.141. The van der Waals surface area contributed by atoms with E-state index in [1.165, 1.54) is 6.42 Å². The van der Waals surface area contributed by atoms with E-state index in [2.05, 4.69) is 23.7 Å². The summed E-state index contributed by atoms with van der Waals surface area (Å²) in [6.45, 7) is 7.64. The van der Waals surface area contributed by atoms with E-state index in [1.54, 1.807) is 0 Å². The Morgan fingerprint density at radius 1 is 1.38 bits per heavy atom. The maximum absolute atomic E-state index is 11.2. The molecule has 1 aliphatic heterocycles. The largest absolute Gasteiger partial charge is 0.417 e. The fraction of sp³-hybridized carbons (Fsp3) is 0.562. The number of aromatic nitrogens is 1. The Balaban J connectivity index is 1.73. The van der Waals surface area contributed by atoms with Crippen molar-refractivity contribution in [1.82, 2.24) is 9.88 Å². The summed E-state index contributed by atoms with van der Waals surface area (Å²) in [6, 6.07) is 5.68. The summed E-state index contributed by atoms with van der Waals surface area (Å²) in [5, 5.41) is -0.0906. The van der Waals surface area contributed by atoms with E-state index in [-0.39, 0.29) is 5.38 Å². The molecule has 1 saturated heterocycles. The van der Waals surface area contributed by atoms with Gasteiger partial charge in [0, 0.05) is 19.6 Å². The summed E-state index contributed by atoms with van der Waals surface area (Å²) in [6.07, 6.45) is 1.30. The number of nitrogens with one attached hydrogen (secondary N) is 1. The van der Waals surface area contributed by atoms with Crippen molar-refractivity contribution in [3.63, 3.8) is 0 Å². The number of aromatic amines is 1. The average molecular weight is 309 g/mol. The molecule has 1 aromatic carbocycles. The quantitative estimate of drug-likeness (QED) is 0.884. The zero-order chi connectivity index (χ0) is 15.0. The summed E-state index contributed by atoms with van der Waals surface area (Å²) in [7, 11) is 0. The van der Waals surface area contributed by atoms with Crippen LogP contribution in [0.15, 0.2) is 27.4 Å². The van der Waals surface area contributed by atoms with E-state index in [0.29, 0.717) is 11.1 Å². The van der Waals surface area contributed by atoms with Gasteiger partial charge >= 0.3 is 5.76 Å². The van der Waals surface area contributed by atoms with Crippen LogP contribution in [0.5, 0.6) is 0 Å². The maximum atomic E-state index is 11.2. The second-order valence-corrected chi connectivity index (χ2v) is 6.93. The van der Waals surface area contributed by atoms with Gasteiger partial charge in [-0.05, 0) is 36.0 Å². The number of oxazole rings is 1. The molecule has 2 heterocycles. The third-order valence-corrected chi connectivity index (χ3v) is 4.56. The molecule has 0 spiro atoms. The molecule has 0 amide bonds. The van der Waals surface area contributed by atoms with Gasteiger partial charge in [-0.15, -0.1) is 11.6 Å². The highest BCUT2D eigenvalue weighted by Gasteiger charge is 2.24. The van der Waals surface area contributed by atoms with Crippen LogP contribution in [0.2, 0.25) is 0 Å². The number of hydrogen-bond donors (Lipinski definition) is 1. The molecule has 3 atom stereocenters. The highest BCUT2D eigenvalue weighted by atomic mass is 35.5. The van der Waals surface area contributed by atoms with Gasteiger partial charge in [-0.25, -0.2) is 4.79 Å². The van der Waals surface area contributed by atoms with Crippen LogP contribution < -0.4 is 5.76 Å². The molecule has 1 aliphatic rings. The molecule has 1 aromatic heterocycles. The first-order valence-electron chi connectivity index (χ1n) is 7.50. The fourth-order valence-electron chi connectivity index (χ4n) is 3.43. The lowest BCUT2D eigenvalue weighted by atomic mass is 9.91. The van der Waals surface area contributed by atoms with Crippen LogP contribution in [0.4, 0.5) is 0 Å². The molecule has 4 nitrogen and oxygen atoms in total. The molecule has 114 valence electrons. The molecule has 3 unspecified atom stereocenters. The normalized spacial score (nSPS) is 25.3. The first-order valence-corrected chi connectivity index (χ1v) is 7.94. The Labute approximate surface area is 129 Å². The number of fused-ring (bicyclic) bond motifs is 1. The lowest BCUT2D eigenvalue weighted by Gasteiger charge is -2.36. The first kappa shape index (κ1) is 14.7. The van der Waals surface area contributed by atoms with Gasteiger partial charge in [-0.1, -0.05) is 19.9 Å². The molecule has 0 bridgehead atoms. The first-order chi connectivity index (χ1) is 10.0. The van der Waals surface area contributed by atoms with Crippen molar-refractivity contribution in [3.05, 3.63) is 34.3 Å². The zero-order valence-electron chi connectivity index (χ0n) is 12.4. The van der Waals surface area contributed by atoms with Crippen LogP contribution >= 0.6 is 11.6 Å².